The van der Waals surface area contributed by atoms with Crippen molar-refractivity contribution in [2.75, 3.05) is 0 Å². The Kier molecular flexibility index (Phi) is 4.37. The van der Waals surface area contributed by atoms with Crippen LogP contribution in [0.4, 0.5) is 0 Å². The van der Waals surface area contributed by atoms with Gasteiger partial charge in [-0.2, -0.15) is 8.42 Å². The lowest BCUT2D eigenvalue weighted by molar-refractivity contribution is 0.595. The fraction of sp³-hybridized carbons (Fsp3) is 0.235. The molecule has 3 aromatic rings. The van der Waals surface area contributed by atoms with Crippen LogP contribution in [0.15, 0.2) is 57.8 Å². The average Bonchev–Trinajstić information content (AvgIpc) is 2.91. The van der Waals surface area contributed by atoms with E-state index in [0.717, 1.165) is 16.6 Å². The third kappa shape index (κ3) is 2.96. The molecule has 0 N–H and O–H groups in total. The largest absolute Gasteiger partial charge is 0.316 e. The molecule has 0 unspecified atom stereocenters. The van der Waals surface area contributed by atoms with Gasteiger partial charge in [0.1, 0.15) is 0 Å². The first-order valence-electron chi connectivity index (χ1n) is 7.54. The van der Waals surface area contributed by atoms with Crippen molar-refractivity contribution in [3.8, 4) is 0 Å². The molecule has 2 aromatic carbocycles. The van der Waals surface area contributed by atoms with Gasteiger partial charge < -0.3 is 4.57 Å². The minimum Gasteiger partial charge on any atom is -0.316 e. The highest BCUT2D eigenvalue weighted by atomic mass is 32.2. The smallest absolute Gasteiger partial charge is 0.285 e. The number of para-hydroxylation sites is 1. The van der Waals surface area contributed by atoms with E-state index in [1.807, 2.05) is 23.6 Å². The van der Waals surface area contributed by atoms with Crippen molar-refractivity contribution >= 4 is 31.6 Å². The zero-order valence-corrected chi connectivity index (χ0v) is 14.7. The number of hydrogen-bond donors (Lipinski definition) is 0. The van der Waals surface area contributed by atoms with E-state index in [4.69, 9.17) is 0 Å². The zero-order valence-electron chi connectivity index (χ0n) is 13.1. The molecule has 0 fully saturated rings. The molecule has 0 atom stereocenters. The molecule has 0 aliphatic carbocycles. The molecule has 3 rings (SSSR count). The summed E-state index contributed by atoms with van der Waals surface area (Å²) in [6, 6.07) is 14.4. The molecule has 0 bridgehead atoms. The Bertz CT molecular complexity index is 1000. The Labute approximate surface area is 139 Å². The van der Waals surface area contributed by atoms with E-state index in [1.165, 1.54) is 16.9 Å². The molecule has 0 aliphatic rings. The fourth-order valence-corrected chi connectivity index (χ4v) is 4.97. The molecule has 120 valence electrons. The molecule has 0 saturated heterocycles. The quantitative estimate of drug-likeness (QED) is 0.725. The van der Waals surface area contributed by atoms with E-state index in [0.29, 0.717) is 11.3 Å². The zero-order chi connectivity index (χ0) is 16.4. The summed E-state index contributed by atoms with van der Waals surface area (Å²) in [5.74, 6) is 0. The average molecular weight is 346 g/mol. The number of benzene rings is 2. The van der Waals surface area contributed by atoms with Crippen molar-refractivity contribution in [1.82, 2.24) is 4.57 Å². The van der Waals surface area contributed by atoms with Gasteiger partial charge in [-0.15, -0.1) is 4.40 Å². The predicted molar refractivity (Wildman–Crippen MR) is 94.1 cm³/mol. The van der Waals surface area contributed by atoms with E-state index < -0.39 is 10.0 Å². The summed E-state index contributed by atoms with van der Waals surface area (Å²) in [6.07, 6.45) is 0.902. The van der Waals surface area contributed by atoms with Crippen LogP contribution < -0.4 is 4.80 Å². The van der Waals surface area contributed by atoms with Crippen LogP contribution in [0.5, 0.6) is 0 Å². The summed E-state index contributed by atoms with van der Waals surface area (Å²) in [7, 11) is -3.70. The first-order chi connectivity index (χ1) is 11.1. The van der Waals surface area contributed by atoms with E-state index in [9.17, 15) is 8.42 Å². The first-order valence-corrected chi connectivity index (χ1v) is 9.79. The highest BCUT2D eigenvalue weighted by Gasteiger charge is 2.14. The Balaban J connectivity index is 2.28. The Morgan fingerprint density at radius 1 is 1.04 bits per heavy atom. The van der Waals surface area contributed by atoms with Crippen molar-refractivity contribution < 1.29 is 8.42 Å². The molecule has 0 aliphatic heterocycles. The number of fused-ring (bicyclic) bond motifs is 1. The van der Waals surface area contributed by atoms with Crippen LogP contribution in [0.3, 0.4) is 0 Å². The van der Waals surface area contributed by atoms with Gasteiger partial charge in [-0.1, -0.05) is 48.6 Å². The molecule has 1 heterocycles. The second-order valence-electron chi connectivity index (χ2n) is 5.13. The molecule has 23 heavy (non-hydrogen) atoms. The second kappa shape index (κ2) is 6.29. The van der Waals surface area contributed by atoms with Crippen LogP contribution in [0.1, 0.15) is 19.4 Å². The maximum absolute atomic E-state index is 12.5. The summed E-state index contributed by atoms with van der Waals surface area (Å²) in [5, 5.41) is 0. The predicted octanol–water partition coefficient (Wildman–Crippen LogP) is 3.57. The van der Waals surface area contributed by atoms with Crippen molar-refractivity contribution in [1.29, 1.82) is 0 Å². The number of thiazole rings is 1. The number of rotatable bonds is 4. The molecule has 0 saturated carbocycles. The van der Waals surface area contributed by atoms with Crippen molar-refractivity contribution in [2.45, 2.75) is 31.7 Å². The Morgan fingerprint density at radius 2 is 1.78 bits per heavy atom. The van der Waals surface area contributed by atoms with Gasteiger partial charge in [0, 0.05) is 6.54 Å². The van der Waals surface area contributed by atoms with Crippen LogP contribution in [0.25, 0.3) is 10.2 Å². The maximum atomic E-state index is 12.5. The Morgan fingerprint density at radius 3 is 2.43 bits per heavy atom. The third-order valence-electron chi connectivity index (χ3n) is 3.72. The van der Waals surface area contributed by atoms with Crippen LogP contribution in [-0.2, 0) is 23.0 Å². The van der Waals surface area contributed by atoms with Crippen molar-refractivity contribution in [2.24, 2.45) is 4.40 Å². The van der Waals surface area contributed by atoms with Crippen LogP contribution >= 0.6 is 11.3 Å². The van der Waals surface area contributed by atoms with Crippen LogP contribution in [0.2, 0.25) is 0 Å². The SMILES string of the molecule is CCc1cccc2sc(=NS(=O)(=O)c3ccccc3)n(CC)c12. The van der Waals surface area contributed by atoms with Gasteiger partial charge in [0.15, 0.2) is 0 Å². The fourth-order valence-electron chi connectivity index (χ4n) is 2.60. The molecule has 0 amide bonds. The van der Waals surface area contributed by atoms with Crippen LogP contribution in [0, 0.1) is 0 Å². The molecular formula is C17H18N2O2S2. The van der Waals surface area contributed by atoms with Gasteiger partial charge in [0.2, 0.25) is 4.80 Å². The third-order valence-corrected chi connectivity index (χ3v) is 6.16. The normalized spacial score (nSPS) is 12.9. The lowest BCUT2D eigenvalue weighted by Crippen LogP contribution is -2.16. The van der Waals surface area contributed by atoms with Gasteiger partial charge in [0.25, 0.3) is 10.0 Å². The van der Waals surface area contributed by atoms with Gasteiger partial charge in [-0.3, -0.25) is 0 Å². The molecule has 4 nitrogen and oxygen atoms in total. The highest BCUT2D eigenvalue weighted by Crippen LogP contribution is 2.22. The maximum Gasteiger partial charge on any atom is 0.285 e. The molecule has 6 heteroatoms. The van der Waals surface area contributed by atoms with Crippen molar-refractivity contribution in [3.63, 3.8) is 0 Å². The van der Waals surface area contributed by atoms with E-state index >= 15 is 0 Å². The molecule has 1 aromatic heterocycles. The van der Waals surface area contributed by atoms with E-state index in [2.05, 4.69) is 17.4 Å². The van der Waals surface area contributed by atoms with Crippen molar-refractivity contribution in [3.05, 3.63) is 58.9 Å². The lowest BCUT2D eigenvalue weighted by atomic mass is 10.1. The number of hydrogen-bond acceptors (Lipinski definition) is 3. The minimum atomic E-state index is -3.70. The number of aromatic nitrogens is 1. The van der Waals surface area contributed by atoms with E-state index in [1.54, 1.807) is 30.3 Å². The summed E-state index contributed by atoms with van der Waals surface area (Å²) >= 11 is 1.42. The lowest BCUT2D eigenvalue weighted by Gasteiger charge is -2.05. The summed E-state index contributed by atoms with van der Waals surface area (Å²) in [6.45, 7) is 4.79. The monoisotopic (exact) mass is 346 g/mol. The van der Waals surface area contributed by atoms with Gasteiger partial charge in [-0.05, 0) is 37.1 Å². The summed E-state index contributed by atoms with van der Waals surface area (Å²) in [5.41, 5.74) is 2.30. The minimum absolute atomic E-state index is 0.218. The van der Waals surface area contributed by atoms with Gasteiger partial charge >= 0.3 is 0 Å². The Hall–Kier alpha value is -1.92. The van der Waals surface area contributed by atoms with Gasteiger partial charge in [-0.25, -0.2) is 0 Å². The number of nitrogens with zero attached hydrogens (tertiary/aromatic N) is 2. The highest BCUT2D eigenvalue weighted by molar-refractivity contribution is 7.90. The van der Waals surface area contributed by atoms with Crippen LogP contribution in [-0.4, -0.2) is 13.0 Å². The van der Waals surface area contributed by atoms with Gasteiger partial charge in [0.05, 0.1) is 15.1 Å². The molecule has 0 spiro atoms. The second-order valence-corrected chi connectivity index (χ2v) is 7.74. The van der Waals surface area contributed by atoms with E-state index in [-0.39, 0.29) is 4.90 Å². The molecular weight excluding hydrogens is 328 g/mol. The number of sulfonamides is 1. The topological polar surface area (TPSA) is 51.4 Å². The first kappa shape index (κ1) is 16.0. The number of aryl methyl sites for hydroxylation is 2. The molecule has 0 radical (unpaired) electrons. The standard InChI is InChI=1S/C17H18N2O2S2/c1-3-13-9-8-12-15-16(13)19(4-2)17(22-15)18-23(20,21)14-10-6-5-7-11-14/h5-12H,3-4H2,1-2H3. The summed E-state index contributed by atoms with van der Waals surface area (Å²) in [4.78, 5) is 0.739. The summed E-state index contributed by atoms with van der Waals surface area (Å²) < 4.78 is 32.2.